The molecule has 0 heteroatoms. The summed E-state index contributed by atoms with van der Waals surface area (Å²) >= 11 is 0. The lowest BCUT2D eigenvalue weighted by molar-refractivity contribution is 0.866. The number of aryl methyl sites for hydroxylation is 1. The van der Waals surface area contributed by atoms with Crippen LogP contribution in [-0.4, -0.2) is 0 Å². The summed E-state index contributed by atoms with van der Waals surface area (Å²) in [6.45, 7) is 6.65. The minimum atomic E-state index is 0.586. The first kappa shape index (κ1) is 13.9. The SMILES string of the molecule is CCCc1ccc([C]c2ccc(C(C)C)cc2)cc1. The van der Waals surface area contributed by atoms with E-state index in [0.29, 0.717) is 5.92 Å². The van der Waals surface area contributed by atoms with Crippen LogP contribution in [0.4, 0.5) is 0 Å². The first-order chi connectivity index (χ1) is 9.19. The predicted octanol–water partition coefficient (Wildman–Crippen LogP) is 5.24. The molecule has 0 saturated heterocycles. The topological polar surface area (TPSA) is 0 Å². The first-order valence-corrected chi connectivity index (χ1v) is 7.15. The van der Waals surface area contributed by atoms with Crippen molar-refractivity contribution in [2.75, 3.05) is 0 Å². The van der Waals surface area contributed by atoms with Gasteiger partial charge in [0.25, 0.3) is 0 Å². The van der Waals surface area contributed by atoms with Gasteiger partial charge in [0.2, 0.25) is 0 Å². The van der Waals surface area contributed by atoms with Gasteiger partial charge in [0, 0.05) is 0 Å². The van der Waals surface area contributed by atoms with Crippen LogP contribution >= 0.6 is 0 Å². The van der Waals surface area contributed by atoms with E-state index in [9.17, 15) is 0 Å². The zero-order chi connectivity index (χ0) is 13.7. The second-order valence-electron chi connectivity index (χ2n) is 5.35. The lowest BCUT2D eigenvalue weighted by Crippen LogP contribution is -1.90. The van der Waals surface area contributed by atoms with Crippen LogP contribution in [0.25, 0.3) is 0 Å². The van der Waals surface area contributed by atoms with Crippen molar-refractivity contribution in [2.24, 2.45) is 0 Å². The van der Waals surface area contributed by atoms with Gasteiger partial charge in [-0.25, -0.2) is 0 Å². The van der Waals surface area contributed by atoms with Crippen LogP contribution in [0.5, 0.6) is 0 Å². The van der Waals surface area contributed by atoms with E-state index in [1.165, 1.54) is 17.5 Å². The summed E-state index contributed by atoms with van der Waals surface area (Å²) in [7, 11) is 0. The van der Waals surface area contributed by atoms with E-state index < -0.39 is 0 Å². The van der Waals surface area contributed by atoms with Crippen LogP contribution in [0, 0.1) is 6.42 Å². The average Bonchev–Trinajstić information content (AvgIpc) is 2.42. The molecule has 98 valence electrons. The smallest absolute Gasteiger partial charge is 0.0501 e. The summed E-state index contributed by atoms with van der Waals surface area (Å²) in [6.07, 6.45) is 5.79. The molecule has 0 unspecified atom stereocenters. The predicted molar refractivity (Wildman–Crippen MR) is 82.4 cm³/mol. The van der Waals surface area contributed by atoms with E-state index >= 15 is 0 Å². The summed E-state index contributed by atoms with van der Waals surface area (Å²) in [6, 6.07) is 17.4. The molecule has 0 aromatic heterocycles. The Balaban J connectivity index is 2.04. The third-order valence-corrected chi connectivity index (χ3v) is 3.36. The normalized spacial score (nSPS) is 10.9. The molecule has 2 aromatic carbocycles. The third kappa shape index (κ3) is 3.96. The lowest BCUT2D eigenvalue weighted by atomic mass is 9.98. The van der Waals surface area contributed by atoms with Gasteiger partial charge >= 0.3 is 0 Å². The Labute approximate surface area is 117 Å². The minimum absolute atomic E-state index is 0.586. The molecular weight excluding hydrogens is 228 g/mol. The molecule has 19 heavy (non-hydrogen) atoms. The number of hydrogen-bond donors (Lipinski definition) is 0. The lowest BCUT2D eigenvalue weighted by Gasteiger charge is -2.07. The Kier molecular flexibility index (Phi) is 4.79. The fourth-order valence-electron chi connectivity index (χ4n) is 2.16. The van der Waals surface area contributed by atoms with Crippen LogP contribution in [0.3, 0.4) is 0 Å². The van der Waals surface area contributed by atoms with E-state index in [-0.39, 0.29) is 0 Å². The Morgan fingerprint density at radius 3 is 1.84 bits per heavy atom. The van der Waals surface area contributed by atoms with Gasteiger partial charge in [-0.05, 0) is 34.6 Å². The second-order valence-corrected chi connectivity index (χ2v) is 5.35. The highest BCUT2D eigenvalue weighted by atomic mass is 14.1. The Hall–Kier alpha value is -1.56. The minimum Gasteiger partial charge on any atom is -0.0651 e. The molecule has 0 saturated carbocycles. The molecule has 0 bridgehead atoms. The Bertz CT molecular complexity index is 489. The maximum absolute atomic E-state index is 3.44. The van der Waals surface area contributed by atoms with Crippen molar-refractivity contribution in [3.05, 3.63) is 77.2 Å². The molecule has 0 aliphatic carbocycles. The van der Waals surface area contributed by atoms with Crippen molar-refractivity contribution in [1.29, 1.82) is 0 Å². The fraction of sp³-hybridized carbons (Fsp3) is 0.316. The van der Waals surface area contributed by atoms with Crippen molar-refractivity contribution >= 4 is 0 Å². The monoisotopic (exact) mass is 250 g/mol. The maximum atomic E-state index is 3.44. The summed E-state index contributed by atoms with van der Waals surface area (Å²) in [5.74, 6) is 0.586. The van der Waals surface area contributed by atoms with E-state index in [2.05, 4.69) is 75.7 Å². The molecular formula is C19H22. The van der Waals surface area contributed by atoms with Crippen LogP contribution in [0.15, 0.2) is 48.5 Å². The van der Waals surface area contributed by atoms with Gasteiger partial charge in [-0.2, -0.15) is 0 Å². The summed E-state index contributed by atoms with van der Waals surface area (Å²) in [5.41, 5.74) is 5.08. The Morgan fingerprint density at radius 2 is 1.37 bits per heavy atom. The average molecular weight is 250 g/mol. The van der Waals surface area contributed by atoms with Crippen LogP contribution in [-0.2, 0) is 6.42 Å². The van der Waals surface area contributed by atoms with E-state index in [1.807, 2.05) is 0 Å². The van der Waals surface area contributed by atoms with Crippen LogP contribution in [0.2, 0.25) is 0 Å². The van der Waals surface area contributed by atoms with Crippen molar-refractivity contribution in [3.63, 3.8) is 0 Å². The highest BCUT2D eigenvalue weighted by Gasteiger charge is 2.01. The number of hydrogen-bond acceptors (Lipinski definition) is 0. The highest BCUT2D eigenvalue weighted by Crippen LogP contribution is 2.18. The van der Waals surface area contributed by atoms with Gasteiger partial charge in [-0.15, -0.1) is 0 Å². The molecule has 0 nitrogen and oxygen atoms in total. The number of rotatable bonds is 5. The van der Waals surface area contributed by atoms with Gasteiger partial charge in [-0.1, -0.05) is 75.7 Å². The van der Waals surface area contributed by atoms with Crippen molar-refractivity contribution in [2.45, 2.75) is 39.5 Å². The molecule has 0 spiro atoms. The van der Waals surface area contributed by atoms with Crippen LogP contribution < -0.4 is 0 Å². The molecule has 0 aliphatic rings. The quantitative estimate of drug-likeness (QED) is 0.680. The van der Waals surface area contributed by atoms with Crippen molar-refractivity contribution in [1.82, 2.24) is 0 Å². The molecule has 2 radical (unpaired) electrons. The van der Waals surface area contributed by atoms with E-state index in [0.717, 1.165) is 17.5 Å². The highest BCUT2D eigenvalue weighted by molar-refractivity contribution is 5.39. The largest absolute Gasteiger partial charge is 0.0651 e. The van der Waals surface area contributed by atoms with Gasteiger partial charge in [0.05, 0.1) is 6.42 Å². The summed E-state index contributed by atoms with van der Waals surface area (Å²) in [5, 5.41) is 0. The molecule has 0 atom stereocenters. The molecule has 0 heterocycles. The van der Waals surface area contributed by atoms with Crippen molar-refractivity contribution < 1.29 is 0 Å². The van der Waals surface area contributed by atoms with E-state index in [1.54, 1.807) is 0 Å². The molecule has 2 aromatic rings. The zero-order valence-corrected chi connectivity index (χ0v) is 12.1. The molecule has 0 N–H and O–H groups in total. The Morgan fingerprint density at radius 1 is 0.842 bits per heavy atom. The number of benzene rings is 2. The van der Waals surface area contributed by atoms with E-state index in [4.69, 9.17) is 0 Å². The zero-order valence-electron chi connectivity index (χ0n) is 12.1. The summed E-state index contributed by atoms with van der Waals surface area (Å²) in [4.78, 5) is 0. The molecule has 0 fully saturated rings. The fourth-order valence-corrected chi connectivity index (χ4v) is 2.16. The van der Waals surface area contributed by atoms with Crippen molar-refractivity contribution in [3.8, 4) is 0 Å². The summed E-state index contributed by atoms with van der Waals surface area (Å²) < 4.78 is 0. The van der Waals surface area contributed by atoms with Crippen LogP contribution in [0.1, 0.15) is 55.4 Å². The van der Waals surface area contributed by atoms with Gasteiger partial charge in [0.15, 0.2) is 0 Å². The second kappa shape index (κ2) is 6.56. The van der Waals surface area contributed by atoms with Gasteiger partial charge < -0.3 is 0 Å². The third-order valence-electron chi connectivity index (χ3n) is 3.36. The molecule has 2 rings (SSSR count). The first-order valence-electron chi connectivity index (χ1n) is 7.15. The molecule has 0 amide bonds. The van der Waals surface area contributed by atoms with Gasteiger partial charge in [-0.3, -0.25) is 0 Å². The van der Waals surface area contributed by atoms with Gasteiger partial charge in [0.1, 0.15) is 0 Å². The standard InChI is InChI=1S/C19H22/c1-4-5-16-6-8-17(9-7-16)14-18-10-12-19(13-11-18)15(2)3/h6-13,15H,4-5H2,1-3H3. The maximum Gasteiger partial charge on any atom is 0.0501 e. The molecule has 0 aliphatic heterocycles.